The lowest BCUT2D eigenvalue weighted by molar-refractivity contribution is 0.502. The Morgan fingerprint density at radius 3 is 2.72 bits per heavy atom. The summed E-state index contributed by atoms with van der Waals surface area (Å²) in [5.41, 5.74) is 0.661. The number of nitrogens with one attached hydrogen (secondary N) is 1. The smallest absolute Gasteiger partial charge is 0.222 e. The van der Waals surface area contributed by atoms with E-state index in [4.69, 9.17) is 4.42 Å². The molecule has 0 bridgehead atoms. The summed E-state index contributed by atoms with van der Waals surface area (Å²) in [6.45, 7) is 0. The van der Waals surface area contributed by atoms with Crippen LogP contribution in [0.25, 0.3) is 23.0 Å². The molecule has 0 aliphatic carbocycles. The van der Waals surface area contributed by atoms with Crippen LogP contribution in [0.15, 0.2) is 35.2 Å². The lowest BCUT2D eigenvalue weighted by Crippen LogP contribution is -2.14. The average Bonchev–Trinajstić information content (AvgIpc) is 3.33. The molecule has 4 rings (SSSR count). The molecular formula is C15H16N6O3S. The van der Waals surface area contributed by atoms with Gasteiger partial charge >= 0.3 is 0 Å². The van der Waals surface area contributed by atoms with Gasteiger partial charge in [-0.3, -0.25) is 0 Å². The molecule has 3 aromatic rings. The zero-order valence-corrected chi connectivity index (χ0v) is 14.3. The number of hydrogen-bond acceptors (Lipinski definition) is 8. The highest BCUT2D eigenvalue weighted by atomic mass is 32.2. The summed E-state index contributed by atoms with van der Waals surface area (Å²) >= 11 is 0. The fraction of sp³-hybridized carbons (Fsp3) is 0.333. The number of rotatable bonds is 4. The lowest BCUT2D eigenvalue weighted by atomic mass is 10.2. The van der Waals surface area contributed by atoms with E-state index in [9.17, 15) is 8.42 Å². The third-order valence-corrected chi connectivity index (χ3v) is 5.81. The van der Waals surface area contributed by atoms with E-state index in [2.05, 4.69) is 25.4 Å². The summed E-state index contributed by atoms with van der Waals surface area (Å²) in [7, 11) is -1.32. The van der Waals surface area contributed by atoms with Crippen LogP contribution in [-0.2, 0) is 9.84 Å². The Hall–Kier alpha value is -2.75. The molecule has 0 amide bonds. The minimum Gasteiger partial charge on any atom is -0.461 e. The minimum atomic E-state index is -3.05. The van der Waals surface area contributed by atoms with Gasteiger partial charge in [0, 0.05) is 19.4 Å². The van der Waals surface area contributed by atoms with Crippen LogP contribution >= 0.6 is 0 Å². The largest absolute Gasteiger partial charge is 0.461 e. The maximum Gasteiger partial charge on any atom is 0.222 e. The van der Waals surface area contributed by atoms with E-state index in [1.165, 1.54) is 0 Å². The first kappa shape index (κ1) is 15.8. The molecule has 130 valence electrons. The standard InChI is InChI=1S/C15H16N6O3S/c1-16-15-17-7-10(8-18-15)14-19-13(12-3-2-5-24-12)20-21(14)11-4-6-25(22,23)9-11/h2-3,5,7-8,11H,4,6,9H2,1H3,(H,16,17,18)/t11-/m1/s1. The molecule has 3 aromatic heterocycles. The van der Waals surface area contributed by atoms with Gasteiger partial charge in [-0.2, -0.15) is 0 Å². The second-order valence-electron chi connectivity index (χ2n) is 5.78. The van der Waals surface area contributed by atoms with Crippen molar-refractivity contribution in [2.24, 2.45) is 0 Å². The van der Waals surface area contributed by atoms with Gasteiger partial charge in [0.25, 0.3) is 0 Å². The molecule has 0 aromatic carbocycles. The van der Waals surface area contributed by atoms with Crippen LogP contribution in [0.3, 0.4) is 0 Å². The van der Waals surface area contributed by atoms with Crippen LogP contribution in [0.4, 0.5) is 5.95 Å². The molecule has 0 unspecified atom stereocenters. The zero-order chi connectivity index (χ0) is 17.4. The van der Waals surface area contributed by atoms with Crippen LogP contribution < -0.4 is 5.32 Å². The topological polar surface area (TPSA) is 116 Å². The number of anilines is 1. The maximum atomic E-state index is 11.9. The van der Waals surface area contributed by atoms with Crippen molar-refractivity contribution in [3.8, 4) is 23.0 Å². The van der Waals surface area contributed by atoms with E-state index < -0.39 is 9.84 Å². The summed E-state index contributed by atoms with van der Waals surface area (Å²) in [5.74, 6) is 2.15. The monoisotopic (exact) mass is 360 g/mol. The van der Waals surface area contributed by atoms with E-state index in [1.807, 2.05) is 0 Å². The van der Waals surface area contributed by atoms with Gasteiger partial charge in [0.05, 0.1) is 29.4 Å². The van der Waals surface area contributed by atoms with Crippen molar-refractivity contribution in [3.05, 3.63) is 30.8 Å². The summed E-state index contributed by atoms with van der Waals surface area (Å²) in [5, 5.41) is 7.35. The number of hydrogen-bond donors (Lipinski definition) is 1. The Bertz CT molecular complexity index is 979. The first-order valence-corrected chi connectivity index (χ1v) is 9.59. The molecule has 1 aliphatic rings. The maximum absolute atomic E-state index is 11.9. The number of sulfone groups is 1. The number of nitrogens with zero attached hydrogens (tertiary/aromatic N) is 5. The van der Waals surface area contributed by atoms with Crippen molar-refractivity contribution in [2.45, 2.75) is 12.5 Å². The second-order valence-corrected chi connectivity index (χ2v) is 8.01. The zero-order valence-electron chi connectivity index (χ0n) is 13.5. The molecule has 0 spiro atoms. The fourth-order valence-corrected chi connectivity index (χ4v) is 4.52. The normalized spacial score (nSPS) is 19.2. The molecule has 1 saturated heterocycles. The van der Waals surface area contributed by atoms with Gasteiger partial charge in [-0.05, 0) is 18.6 Å². The highest BCUT2D eigenvalue weighted by Crippen LogP contribution is 2.30. The third kappa shape index (κ3) is 3.00. The van der Waals surface area contributed by atoms with Crippen molar-refractivity contribution < 1.29 is 12.8 Å². The van der Waals surface area contributed by atoms with E-state index in [0.29, 0.717) is 35.3 Å². The van der Waals surface area contributed by atoms with Gasteiger partial charge in [-0.25, -0.2) is 28.1 Å². The molecule has 0 saturated carbocycles. The van der Waals surface area contributed by atoms with Crippen LogP contribution in [0.1, 0.15) is 12.5 Å². The Morgan fingerprint density at radius 1 is 1.32 bits per heavy atom. The fourth-order valence-electron chi connectivity index (χ4n) is 2.83. The van der Waals surface area contributed by atoms with Gasteiger partial charge < -0.3 is 9.73 Å². The quantitative estimate of drug-likeness (QED) is 0.742. The van der Waals surface area contributed by atoms with Gasteiger partial charge in [-0.15, -0.1) is 5.10 Å². The Morgan fingerprint density at radius 2 is 2.12 bits per heavy atom. The Kier molecular flexibility index (Phi) is 3.75. The summed E-state index contributed by atoms with van der Waals surface area (Å²) < 4.78 is 30.8. The number of aromatic nitrogens is 5. The molecule has 1 N–H and O–H groups in total. The van der Waals surface area contributed by atoms with Crippen LogP contribution in [-0.4, -0.2) is 51.7 Å². The summed E-state index contributed by atoms with van der Waals surface area (Å²) in [6.07, 6.45) is 5.32. The molecule has 0 radical (unpaired) electrons. The first-order chi connectivity index (χ1) is 12.1. The summed E-state index contributed by atoms with van der Waals surface area (Å²) in [4.78, 5) is 12.9. The van der Waals surface area contributed by atoms with E-state index in [-0.39, 0.29) is 17.5 Å². The van der Waals surface area contributed by atoms with E-state index >= 15 is 0 Å². The SMILES string of the molecule is CNc1ncc(-c2nc(-c3ccco3)nn2[C@@H]2CCS(=O)(=O)C2)cn1. The lowest BCUT2D eigenvalue weighted by Gasteiger charge is -2.11. The highest BCUT2D eigenvalue weighted by molar-refractivity contribution is 7.91. The molecular weight excluding hydrogens is 344 g/mol. The second kappa shape index (κ2) is 5.96. The van der Waals surface area contributed by atoms with Crippen molar-refractivity contribution in [1.29, 1.82) is 0 Å². The van der Waals surface area contributed by atoms with Gasteiger partial charge in [0.1, 0.15) is 0 Å². The molecule has 1 atom stereocenters. The Balaban J connectivity index is 1.80. The molecule has 25 heavy (non-hydrogen) atoms. The van der Waals surface area contributed by atoms with Gasteiger partial charge in [0.15, 0.2) is 21.4 Å². The average molecular weight is 360 g/mol. The first-order valence-electron chi connectivity index (χ1n) is 7.77. The highest BCUT2D eigenvalue weighted by Gasteiger charge is 2.32. The molecule has 4 heterocycles. The molecule has 1 fully saturated rings. The van der Waals surface area contributed by atoms with Crippen molar-refractivity contribution in [2.75, 3.05) is 23.9 Å². The van der Waals surface area contributed by atoms with Gasteiger partial charge in [-0.1, -0.05) is 0 Å². The molecule has 9 nitrogen and oxygen atoms in total. The number of furan rings is 1. The molecule has 10 heteroatoms. The van der Waals surface area contributed by atoms with E-state index in [1.54, 1.807) is 42.5 Å². The predicted octanol–water partition coefficient (Wildman–Crippen LogP) is 1.40. The third-order valence-electron chi connectivity index (χ3n) is 4.06. The summed E-state index contributed by atoms with van der Waals surface area (Å²) in [6, 6.07) is 3.25. The van der Waals surface area contributed by atoms with E-state index in [0.717, 1.165) is 0 Å². The van der Waals surface area contributed by atoms with Crippen molar-refractivity contribution in [1.82, 2.24) is 24.7 Å². The minimum absolute atomic E-state index is 0.0520. The predicted molar refractivity (Wildman–Crippen MR) is 90.6 cm³/mol. The van der Waals surface area contributed by atoms with Crippen LogP contribution in [0, 0.1) is 0 Å². The molecule has 1 aliphatic heterocycles. The van der Waals surface area contributed by atoms with Crippen molar-refractivity contribution >= 4 is 15.8 Å². The Labute approximate surface area is 144 Å². The van der Waals surface area contributed by atoms with Crippen LogP contribution in [0.2, 0.25) is 0 Å². The van der Waals surface area contributed by atoms with Gasteiger partial charge in [0.2, 0.25) is 11.8 Å². The van der Waals surface area contributed by atoms with Crippen LogP contribution in [0.5, 0.6) is 0 Å². The van der Waals surface area contributed by atoms with Crippen molar-refractivity contribution in [3.63, 3.8) is 0 Å².